The number of carbonyl (C=O) groups excluding carboxylic acids is 1. The maximum atomic E-state index is 12.4. The molecule has 3 heteroatoms. The van der Waals surface area contributed by atoms with Gasteiger partial charge in [0.15, 0.2) is 5.78 Å². The van der Waals surface area contributed by atoms with E-state index in [-0.39, 0.29) is 5.78 Å². The van der Waals surface area contributed by atoms with E-state index in [1.54, 1.807) is 13.2 Å². The van der Waals surface area contributed by atoms with Crippen molar-refractivity contribution >= 4 is 11.9 Å². The fraction of sp³-hybridized carbons (Fsp3) is 0.286. The Hall–Kier alpha value is -2.39. The van der Waals surface area contributed by atoms with E-state index in [0.29, 0.717) is 0 Å². The van der Waals surface area contributed by atoms with Gasteiger partial charge in [-0.05, 0) is 48.5 Å². The van der Waals surface area contributed by atoms with Gasteiger partial charge in [0.2, 0.25) is 0 Å². The van der Waals surface area contributed by atoms with E-state index >= 15 is 0 Å². The second kappa shape index (κ2) is 9.04. The molecule has 0 aliphatic rings. The number of ether oxygens (including phenoxy) is 1. The molecule has 0 atom stereocenters. The second-order valence-electron chi connectivity index (χ2n) is 5.64. The fourth-order valence-corrected chi connectivity index (χ4v) is 2.54. The molecule has 24 heavy (non-hydrogen) atoms. The number of nitrogens with zero attached hydrogens (tertiary/aromatic N) is 1. The monoisotopic (exact) mass is 323 g/mol. The number of ketones is 1. The zero-order valence-corrected chi connectivity index (χ0v) is 14.7. The number of benzene rings is 2. The number of methoxy groups -OCH3 is 1. The Morgan fingerprint density at radius 1 is 1.08 bits per heavy atom. The topological polar surface area (TPSA) is 29.5 Å². The van der Waals surface area contributed by atoms with Crippen molar-refractivity contribution in [2.24, 2.45) is 0 Å². The standard InChI is InChI=1S/C21H25NO2/c1-4-22(5-2)16-18-9-6-10-19(14-18)21(23)13-12-17-8-7-11-20(15-17)24-3/h6-15H,4-5,16H2,1-3H3/b13-12+. The third kappa shape index (κ3) is 5.07. The molecule has 0 unspecified atom stereocenters. The summed E-state index contributed by atoms with van der Waals surface area (Å²) in [5.74, 6) is 0.796. The van der Waals surface area contributed by atoms with E-state index in [4.69, 9.17) is 4.74 Å². The van der Waals surface area contributed by atoms with E-state index in [0.717, 1.165) is 36.5 Å². The lowest BCUT2D eigenvalue weighted by molar-refractivity contribution is 0.104. The molecule has 0 aromatic heterocycles. The molecule has 0 saturated carbocycles. The molecular formula is C21H25NO2. The van der Waals surface area contributed by atoms with Gasteiger partial charge in [-0.1, -0.05) is 50.3 Å². The lowest BCUT2D eigenvalue weighted by atomic mass is 10.1. The smallest absolute Gasteiger partial charge is 0.185 e. The highest BCUT2D eigenvalue weighted by atomic mass is 16.5. The van der Waals surface area contributed by atoms with Gasteiger partial charge in [0.05, 0.1) is 7.11 Å². The first-order valence-electron chi connectivity index (χ1n) is 8.34. The van der Waals surface area contributed by atoms with Gasteiger partial charge in [0.25, 0.3) is 0 Å². The Balaban J connectivity index is 2.10. The van der Waals surface area contributed by atoms with Gasteiger partial charge >= 0.3 is 0 Å². The van der Waals surface area contributed by atoms with Crippen LogP contribution in [-0.2, 0) is 6.54 Å². The SMILES string of the molecule is CCN(CC)Cc1cccc(C(=O)/C=C/c2cccc(OC)c2)c1. The van der Waals surface area contributed by atoms with E-state index in [9.17, 15) is 4.79 Å². The minimum absolute atomic E-state index is 0.0132. The summed E-state index contributed by atoms with van der Waals surface area (Å²) in [4.78, 5) is 14.7. The molecule has 0 N–H and O–H groups in total. The second-order valence-corrected chi connectivity index (χ2v) is 5.64. The number of rotatable bonds is 8. The van der Waals surface area contributed by atoms with Crippen LogP contribution in [0.15, 0.2) is 54.6 Å². The van der Waals surface area contributed by atoms with E-state index in [2.05, 4.69) is 24.8 Å². The molecule has 0 amide bonds. The number of allylic oxidation sites excluding steroid dienone is 1. The third-order valence-electron chi connectivity index (χ3n) is 4.03. The zero-order valence-electron chi connectivity index (χ0n) is 14.7. The van der Waals surface area contributed by atoms with Crippen LogP contribution in [0.3, 0.4) is 0 Å². The summed E-state index contributed by atoms with van der Waals surface area (Å²) in [7, 11) is 1.63. The predicted molar refractivity (Wildman–Crippen MR) is 99.4 cm³/mol. The van der Waals surface area contributed by atoms with Gasteiger partial charge in [-0.15, -0.1) is 0 Å². The predicted octanol–water partition coefficient (Wildman–Crippen LogP) is 4.43. The molecule has 2 aromatic rings. The molecular weight excluding hydrogens is 298 g/mol. The molecule has 0 radical (unpaired) electrons. The highest BCUT2D eigenvalue weighted by Crippen LogP contribution is 2.15. The minimum atomic E-state index is 0.0132. The summed E-state index contributed by atoms with van der Waals surface area (Å²) in [6.07, 6.45) is 3.44. The quantitative estimate of drug-likeness (QED) is 0.531. The van der Waals surface area contributed by atoms with Crippen LogP contribution in [0.5, 0.6) is 5.75 Å². The van der Waals surface area contributed by atoms with Crippen molar-refractivity contribution in [3.8, 4) is 5.75 Å². The van der Waals surface area contributed by atoms with Crippen LogP contribution >= 0.6 is 0 Å². The van der Waals surface area contributed by atoms with Crippen molar-refractivity contribution in [2.75, 3.05) is 20.2 Å². The Morgan fingerprint density at radius 3 is 2.54 bits per heavy atom. The third-order valence-corrected chi connectivity index (χ3v) is 4.03. The van der Waals surface area contributed by atoms with Crippen LogP contribution in [0, 0.1) is 0 Å². The molecule has 3 nitrogen and oxygen atoms in total. The number of hydrogen-bond donors (Lipinski definition) is 0. The molecule has 0 aliphatic carbocycles. The van der Waals surface area contributed by atoms with Crippen molar-refractivity contribution in [1.29, 1.82) is 0 Å². The molecule has 0 aliphatic heterocycles. The van der Waals surface area contributed by atoms with Gasteiger partial charge in [-0.2, -0.15) is 0 Å². The van der Waals surface area contributed by atoms with Crippen molar-refractivity contribution in [2.45, 2.75) is 20.4 Å². The first kappa shape index (κ1) is 18.0. The van der Waals surface area contributed by atoms with E-state index < -0.39 is 0 Å². The average molecular weight is 323 g/mol. The van der Waals surface area contributed by atoms with Crippen LogP contribution < -0.4 is 4.74 Å². The van der Waals surface area contributed by atoms with Gasteiger partial charge in [0, 0.05) is 12.1 Å². The van der Waals surface area contributed by atoms with Crippen molar-refractivity contribution < 1.29 is 9.53 Å². The van der Waals surface area contributed by atoms with Crippen LogP contribution in [0.2, 0.25) is 0 Å². The largest absolute Gasteiger partial charge is 0.497 e. The first-order chi connectivity index (χ1) is 11.7. The first-order valence-corrected chi connectivity index (χ1v) is 8.34. The summed E-state index contributed by atoms with van der Waals surface area (Å²) in [6, 6.07) is 15.5. The van der Waals surface area contributed by atoms with Crippen LogP contribution in [-0.4, -0.2) is 30.9 Å². The van der Waals surface area contributed by atoms with Crippen LogP contribution in [0.4, 0.5) is 0 Å². The molecule has 0 saturated heterocycles. The van der Waals surface area contributed by atoms with Gasteiger partial charge < -0.3 is 4.74 Å². The van der Waals surface area contributed by atoms with Gasteiger partial charge in [0.1, 0.15) is 5.75 Å². The summed E-state index contributed by atoms with van der Waals surface area (Å²) in [6.45, 7) is 7.17. The highest BCUT2D eigenvalue weighted by molar-refractivity contribution is 6.06. The average Bonchev–Trinajstić information content (AvgIpc) is 2.64. The van der Waals surface area contributed by atoms with Crippen molar-refractivity contribution in [1.82, 2.24) is 4.90 Å². The highest BCUT2D eigenvalue weighted by Gasteiger charge is 2.05. The van der Waals surface area contributed by atoms with Crippen LogP contribution in [0.25, 0.3) is 6.08 Å². The Labute approximate surface area is 144 Å². The van der Waals surface area contributed by atoms with Gasteiger partial charge in [-0.25, -0.2) is 0 Å². The maximum Gasteiger partial charge on any atom is 0.185 e. The summed E-state index contributed by atoms with van der Waals surface area (Å²) in [5.41, 5.74) is 2.83. The van der Waals surface area contributed by atoms with Crippen LogP contribution in [0.1, 0.15) is 35.3 Å². The number of hydrogen-bond acceptors (Lipinski definition) is 3. The Kier molecular flexibility index (Phi) is 6.76. The molecule has 0 heterocycles. The maximum absolute atomic E-state index is 12.4. The molecule has 2 rings (SSSR count). The number of carbonyl (C=O) groups is 1. The van der Waals surface area contributed by atoms with Crippen molar-refractivity contribution in [3.63, 3.8) is 0 Å². The molecule has 126 valence electrons. The molecule has 2 aromatic carbocycles. The molecule has 0 bridgehead atoms. The molecule has 0 spiro atoms. The molecule has 0 fully saturated rings. The normalized spacial score (nSPS) is 11.2. The lowest BCUT2D eigenvalue weighted by Gasteiger charge is -2.18. The summed E-state index contributed by atoms with van der Waals surface area (Å²) >= 11 is 0. The van der Waals surface area contributed by atoms with E-state index in [1.165, 1.54) is 5.56 Å². The minimum Gasteiger partial charge on any atom is -0.497 e. The van der Waals surface area contributed by atoms with E-state index in [1.807, 2.05) is 48.5 Å². The van der Waals surface area contributed by atoms with Crippen molar-refractivity contribution in [3.05, 3.63) is 71.3 Å². The summed E-state index contributed by atoms with van der Waals surface area (Å²) < 4.78 is 5.20. The Morgan fingerprint density at radius 2 is 1.83 bits per heavy atom. The lowest BCUT2D eigenvalue weighted by Crippen LogP contribution is -2.22. The fourth-order valence-electron chi connectivity index (χ4n) is 2.54. The summed E-state index contributed by atoms with van der Waals surface area (Å²) in [5, 5.41) is 0. The Bertz CT molecular complexity index is 702. The zero-order chi connectivity index (χ0) is 17.4. The van der Waals surface area contributed by atoms with Gasteiger partial charge in [-0.3, -0.25) is 9.69 Å².